The molecular formula is C19H24F2N6O. The fourth-order valence-corrected chi connectivity index (χ4v) is 3.08. The highest BCUT2D eigenvalue weighted by molar-refractivity contribution is 5.55. The van der Waals surface area contributed by atoms with Gasteiger partial charge in [-0.15, -0.1) is 0 Å². The fraction of sp³-hybridized carbons (Fsp3) is 0.579. The van der Waals surface area contributed by atoms with Crippen LogP contribution in [0.4, 0.5) is 20.4 Å². The highest BCUT2D eigenvalue weighted by Crippen LogP contribution is 2.32. The van der Waals surface area contributed by atoms with Crippen molar-refractivity contribution in [3.8, 4) is 11.9 Å². The zero-order valence-electron chi connectivity index (χ0n) is 16.3. The second kappa shape index (κ2) is 7.70. The summed E-state index contributed by atoms with van der Waals surface area (Å²) in [6.07, 6.45) is 6.09. The van der Waals surface area contributed by atoms with Crippen LogP contribution in [0.5, 0.6) is 5.88 Å². The van der Waals surface area contributed by atoms with E-state index < -0.39 is 17.0 Å². The molecule has 0 amide bonds. The Morgan fingerprint density at radius 1 is 1.36 bits per heavy atom. The molecular weight excluding hydrogens is 366 g/mol. The second-order valence-corrected chi connectivity index (χ2v) is 7.72. The summed E-state index contributed by atoms with van der Waals surface area (Å²) in [5.41, 5.74) is -1.05. The van der Waals surface area contributed by atoms with Crippen LogP contribution in [0.1, 0.15) is 51.6 Å². The summed E-state index contributed by atoms with van der Waals surface area (Å²) in [4.78, 5) is 7.93. The number of hydrogen-bond acceptors (Lipinski definition) is 6. The maximum Gasteiger partial charge on any atom is 0.255 e. The second-order valence-electron chi connectivity index (χ2n) is 7.72. The van der Waals surface area contributed by atoms with Gasteiger partial charge in [0.1, 0.15) is 17.8 Å². The third kappa shape index (κ3) is 4.38. The predicted octanol–water partition coefficient (Wildman–Crippen LogP) is 4.17. The first kappa shape index (κ1) is 20.0. The van der Waals surface area contributed by atoms with Gasteiger partial charge in [-0.1, -0.05) is 19.3 Å². The molecule has 0 spiro atoms. The molecule has 2 heterocycles. The van der Waals surface area contributed by atoms with Crippen molar-refractivity contribution in [1.29, 1.82) is 5.26 Å². The van der Waals surface area contributed by atoms with Crippen LogP contribution in [0.25, 0.3) is 0 Å². The number of hydrogen-bond donors (Lipinski definition) is 1. The normalized spacial score (nSPS) is 16.4. The van der Waals surface area contributed by atoms with Gasteiger partial charge in [-0.25, -0.2) is 9.37 Å². The topological polar surface area (TPSA) is 88.7 Å². The van der Waals surface area contributed by atoms with Crippen LogP contribution in [0.2, 0.25) is 0 Å². The lowest BCUT2D eigenvalue weighted by molar-refractivity contribution is 0.0439. The number of halogens is 2. The van der Waals surface area contributed by atoms with Crippen LogP contribution in [0.15, 0.2) is 12.4 Å². The van der Waals surface area contributed by atoms with E-state index in [0.717, 1.165) is 25.5 Å². The number of aryl methyl sites for hydroxylation is 1. The summed E-state index contributed by atoms with van der Waals surface area (Å²) in [5.74, 6) is -0.934. The van der Waals surface area contributed by atoms with E-state index in [-0.39, 0.29) is 18.4 Å². The molecule has 0 saturated heterocycles. The molecule has 1 fully saturated rings. The van der Waals surface area contributed by atoms with E-state index in [1.54, 1.807) is 27.0 Å². The molecule has 0 bridgehead atoms. The van der Waals surface area contributed by atoms with Crippen LogP contribution in [-0.4, -0.2) is 32.0 Å². The van der Waals surface area contributed by atoms with E-state index in [4.69, 9.17) is 4.74 Å². The minimum absolute atomic E-state index is 0.102. The molecule has 0 aromatic carbocycles. The monoisotopic (exact) mass is 390 g/mol. The Labute approximate surface area is 162 Å². The Bertz CT molecular complexity index is 883. The SMILES string of the molecule is Cc1nn(C(C)(C)C#N)cc1Nc1ncc(F)c(OCC2(F)CCCCC2)n1. The molecule has 2 aromatic heterocycles. The molecule has 0 aliphatic heterocycles. The maximum absolute atomic E-state index is 14.7. The van der Waals surface area contributed by atoms with Crippen LogP contribution < -0.4 is 10.1 Å². The number of nitrogens with one attached hydrogen (secondary N) is 1. The molecule has 1 saturated carbocycles. The van der Waals surface area contributed by atoms with Crippen molar-refractivity contribution in [3.63, 3.8) is 0 Å². The number of nitriles is 1. The molecule has 0 atom stereocenters. The predicted molar refractivity (Wildman–Crippen MR) is 99.6 cm³/mol. The Kier molecular flexibility index (Phi) is 5.49. The lowest BCUT2D eigenvalue weighted by atomic mass is 9.87. The molecule has 9 heteroatoms. The molecule has 28 heavy (non-hydrogen) atoms. The molecule has 3 rings (SSSR count). The molecule has 2 aromatic rings. The molecule has 7 nitrogen and oxygen atoms in total. The number of alkyl halides is 1. The van der Waals surface area contributed by atoms with Gasteiger partial charge in [-0.2, -0.15) is 19.7 Å². The van der Waals surface area contributed by atoms with Crippen LogP contribution in [0.3, 0.4) is 0 Å². The van der Waals surface area contributed by atoms with Gasteiger partial charge in [-0.05, 0) is 33.6 Å². The van der Waals surface area contributed by atoms with Crippen molar-refractivity contribution in [3.05, 3.63) is 23.9 Å². The molecule has 0 unspecified atom stereocenters. The zero-order valence-corrected chi connectivity index (χ0v) is 16.3. The van der Waals surface area contributed by atoms with Crippen molar-refractivity contribution in [2.75, 3.05) is 11.9 Å². The van der Waals surface area contributed by atoms with Crippen LogP contribution in [-0.2, 0) is 5.54 Å². The van der Waals surface area contributed by atoms with Gasteiger partial charge in [0.2, 0.25) is 11.8 Å². The largest absolute Gasteiger partial charge is 0.472 e. The third-order valence-electron chi connectivity index (χ3n) is 4.92. The zero-order chi connectivity index (χ0) is 20.4. The number of ether oxygens (including phenoxy) is 1. The molecule has 1 aliphatic carbocycles. The van der Waals surface area contributed by atoms with Gasteiger partial charge >= 0.3 is 0 Å². The van der Waals surface area contributed by atoms with Gasteiger partial charge in [0.25, 0.3) is 5.88 Å². The van der Waals surface area contributed by atoms with Crippen LogP contribution in [0, 0.1) is 24.1 Å². The van der Waals surface area contributed by atoms with E-state index >= 15 is 0 Å². The van der Waals surface area contributed by atoms with Gasteiger partial charge in [0.05, 0.1) is 29.8 Å². The molecule has 150 valence electrons. The summed E-state index contributed by atoms with van der Waals surface area (Å²) in [6.45, 7) is 5.01. The smallest absolute Gasteiger partial charge is 0.255 e. The minimum atomic E-state index is -1.44. The van der Waals surface area contributed by atoms with Crippen molar-refractivity contribution in [1.82, 2.24) is 19.7 Å². The number of aromatic nitrogens is 4. The average molecular weight is 390 g/mol. The standard InChI is InChI=1S/C19H24F2N6O/c1-13-15(10-27(26-13)18(2,3)11-22)24-17-23-9-14(20)16(25-17)28-12-19(21)7-5-4-6-8-19/h9-10H,4-8,12H2,1-3H3,(H,23,24,25). The van der Waals surface area contributed by atoms with Gasteiger partial charge < -0.3 is 10.1 Å². The van der Waals surface area contributed by atoms with Gasteiger partial charge in [0.15, 0.2) is 0 Å². The molecule has 1 aliphatic rings. The summed E-state index contributed by atoms with van der Waals surface area (Å²) in [7, 11) is 0. The Hall–Kier alpha value is -2.76. The van der Waals surface area contributed by atoms with Gasteiger partial charge in [-0.3, -0.25) is 4.68 Å². The third-order valence-corrected chi connectivity index (χ3v) is 4.92. The van der Waals surface area contributed by atoms with E-state index in [9.17, 15) is 14.0 Å². The summed E-state index contributed by atoms with van der Waals surface area (Å²) in [6, 6.07) is 2.17. The first-order valence-electron chi connectivity index (χ1n) is 9.32. The summed E-state index contributed by atoms with van der Waals surface area (Å²) < 4.78 is 35.6. The van der Waals surface area contributed by atoms with Crippen molar-refractivity contribution < 1.29 is 13.5 Å². The number of nitrogens with zero attached hydrogens (tertiary/aromatic N) is 5. The first-order chi connectivity index (χ1) is 13.2. The molecule has 0 radical (unpaired) electrons. The highest BCUT2D eigenvalue weighted by Gasteiger charge is 2.33. The van der Waals surface area contributed by atoms with E-state index in [2.05, 4.69) is 26.5 Å². The van der Waals surface area contributed by atoms with E-state index in [1.807, 2.05) is 0 Å². The average Bonchev–Trinajstić information content (AvgIpc) is 3.04. The van der Waals surface area contributed by atoms with Crippen LogP contribution >= 0.6 is 0 Å². The summed E-state index contributed by atoms with van der Waals surface area (Å²) in [5, 5.41) is 16.5. The fourth-order valence-electron chi connectivity index (χ4n) is 3.08. The van der Waals surface area contributed by atoms with E-state index in [0.29, 0.717) is 24.2 Å². The number of anilines is 2. The summed E-state index contributed by atoms with van der Waals surface area (Å²) >= 11 is 0. The number of rotatable bonds is 6. The first-order valence-corrected chi connectivity index (χ1v) is 9.32. The Morgan fingerprint density at radius 3 is 2.75 bits per heavy atom. The van der Waals surface area contributed by atoms with Gasteiger partial charge in [0, 0.05) is 0 Å². The quantitative estimate of drug-likeness (QED) is 0.796. The van der Waals surface area contributed by atoms with Crippen molar-refractivity contribution in [2.45, 2.75) is 64.1 Å². The lowest BCUT2D eigenvalue weighted by Gasteiger charge is -2.28. The van der Waals surface area contributed by atoms with Crippen molar-refractivity contribution in [2.24, 2.45) is 0 Å². The maximum atomic E-state index is 14.7. The van der Waals surface area contributed by atoms with Crippen molar-refractivity contribution >= 4 is 11.6 Å². The molecule has 1 N–H and O–H groups in total. The minimum Gasteiger partial charge on any atom is -0.472 e. The Morgan fingerprint density at radius 2 is 2.07 bits per heavy atom. The lowest BCUT2D eigenvalue weighted by Crippen LogP contribution is -2.33. The Balaban J connectivity index is 1.74. The van der Waals surface area contributed by atoms with E-state index in [1.165, 1.54) is 4.68 Å². The highest BCUT2D eigenvalue weighted by atomic mass is 19.1.